The van der Waals surface area contributed by atoms with Crippen LogP contribution in [0.5, 0.6) is 0 Å². The predicted octanol–water partition coefficient (Wildman–Crippen LogP) is 4.64. The number of amides is 1. The third kappa shape index (κ3) is 6.25. The number of aryl methyl sites for hydroxylation is 1. The van der Waals surface area contributed by atoms with E-state index in [9.17, 15) is 13.2 Å². The molecule has 1 heterocycles. The molecule has 1 saturated heterocycles. The summed E-state index contributed by atoms with van der Waals surface area (Å²) in [5, 5.41) is 2.93. The van der Waals surface area contributed by atoms with Gasteiger partial charge in [0.2, 0.25) is 15.9 Å². The molecule has 2 atom stereocenters. The van der Waals surface area contributed by atoms with E-state index < -0.39 is 10.0 Å². The Hall–Kier alpha value is -2.06. The molecule has 1 amide bonds. The van der Waals surface area contributed by atoms with Gasteiger partial charge in [-0.15, -0.1) is 0 Å². The fourth-order valence-electron chi connectivity index (χ4n) is 4.08. The van der Waals surface area contributed by atoms with E-state index in [1.54, 1.807) is 18.2 Å². The molecule has 1 aliphatic rings. The topological polar surface area (TPSA) is 69.7 Å². The summed E-state index contributed by atoms with van der Waals surface area (Å²) in [6.07, 6.45) is 3.60. The van der Waals surface area contributed by atoms with Crippen LogP contribution in [0.4, 0.5) is 11.4 Å². The van der Waals surface area contributed by atoms with Crippen LogP contribution in [0.1, 0.15) is 43.9 Å². The number of halogens is 1. The molecule has 2 aromatic rings. The molecule has 1 fully saturated rings. The predicted molar refractivity (Wildman–Crippen MR) is 135 cm³/mol. The lowest BCUT2D eigenvalue weighted by Gasteiger charge is -2.33. The number of hydrogen-bond donors (Lipinski definition) is 1. The maximum atomic E-state index is 12.7. The van der Waals surface area contributed by atoms with Crippen LogP contribution in [0.2, 0.25) is 0 Å². The summed E-state index contributed by atoms with van der Waals surface area (Å²) in [6, 6.07) is 13.3. The summed E-state index contributed by atoms with van der Waals surface area (Å²) in [5.41, 5.74) is 3.55. The van der Waals surface area contributed by atoms with E-state index in [1.807, 2.05) is 26.0 Å². The molecule has 0 radical (unpaired) electrons. The van der Waals surface area contributed by atoms with Crippen molar-refractivity contribution in [3.8, 4) is 0 Å². The molecule has 0 spiro atoms. The van der Waals surface area contributed by atoms with Crippen molar-refractivity contribution in [3.05, 3.63) is 58.1 Å². The van der Waals surface area contributed by atoms with Crippen molar-refractivity contribution in [1.29, 1.82) is 0 Å². The SMILES string of the molecule is Cc1cc(N(CC(=O)NC(C)c2ccc(N3CCCC(C)C3)cc2)S(C)(=O)=O)ccc1Br. The zero-order chi connectivity index (χ0) is 23.5. The molecule has 32 heavy (non-hydrogen) atoms. The van der Waals surface area contributed by atoms with Crippen molar-refractivity contribution in [1.82, 2.24) is 5.32 Å². The molecular weight excluding hydrogens is 490 g/mol. The van der Waals surface area contributed by atoms with Crippen LogP contribution < -0.4 is 14.5 Å². The van der Waals surface area contributed by atoms with E-state index in [1.165, 1.54) is 18.5 Å². The van der Waals surface area contributed by atoms with Gasteiger partial charge in [-0.2, -0.15) is 0 Å². The first kappa shape index (κ1) is 24.6. The fraction of sp³-hybridized carbons (Fsp3) is 0.458. The smallest absolute Gasteiger partial charge is 0.241 e. The number of anilines is 2. The van der Waals surface area contributed by atoms with Crippen LogP contribution in [0.25, 0.3) is 0 Å². The number of benzene rings is 2. The maximum absolute atomic E-state index is 12.7. The van der Waals surface area contributed by atoms with Crippen LogP contribution in [0.15, 0.2) is 46.9 Å². The lowest BCUT2D eigenvalue weighted by molar-refractivity contribution is -0.120. The largest absolute Gasteiger partial charge is 0.371 e. The summed E-state index contributed by atoms with van der Waals surface area (Å²) < 4.78 is 26.7. The molecule has 1 N–H and O–H groups in total. The van der Waals surface area contributed by atoms with Gasteiger partial charge in [0, 0.05) is 23.2 Å². The quantitative estimate of drug-likeness (QED) is 0.576. The van der Waals surface area contributed by atoms with Gasteiger partial charge in [-0.3, -0.25) is 9.10 Å². The van der Waals surface area contributed by atoms with Gasteiger partial charge in [0.1, 0.15) is 6.54 Å². The Morgan fingerprint density at radius 3 is 2.53 bits per heavy atom. The Kier molecular flexibility index (Phi) is 7.88. The van der Waals surface area contributed by atoms with Gasteiger partial charge in [0.15, 0.2) is 0 Å². The highest BCUT2D eigenvalue weighted by molar-refractivity contribution is 9.10. The Balaban J connectivity index is 1.66. The first-order valence-corrected chi connectivity index (χ1v) is 13.6. The van der Waals surface area contributed by atoms with Gasteiger partial charge < -0.3 is 10.2 Å². The van der Waals surface area contributed by atoms with E-state index in [0.717, 1.165) is 39.3 Å². The number of carbonyl (C=O) groups is 1. The van der Waals surface area contributed by atoms with Gasteiger partial charge in [-0.25, -0.2) is 8.42 Å². The van der Waals surface area contributed by atoms with Crippen LogP contribution in [0.3, 0.4) is 0 Å². The standard InChI is InChI=1S/C24H32BrN3O3S/c1-17-6-5-13-27(15-17)21-9-7-20(8-10-21)19(3)26-24(29)16-28(32(4,30)31)22-11-12-23(25)18(2)14-22/h7-12,14,17,19H,5-6,13,15-16H2,1-4H3,(H,26,29). The highest BCUT2D eigenvalue weighted by Crippen LogP contribution is 2.26. The monoisotopic (exact) mass is 521 g/mol. The minimum Gasteiger partial charge on any atom is -0.371 e. The third-order valence-electron chi connectivity index (χ3n) is 5.91. The van der Waals surface area contributed by atoms with E-state index in [-0.39, 0.29) is 18.5 Å². The summed E-state index contributed by atoms with van der Waals surface area (Å²) in [4.78, 5) is 15.1. The van der Waals surface area contributed by atoms with Crippen LogP contribution in [-0.2, 0) is 14.8 Å². The number of piperidine rings is 1. The molecule has 2 aromatic carbocycles. The summed E-state index contributed by atoms with van der Waals surface area (Å²) >= 11 is 3.42. The van der Waals surface area contributed by atoms with E-state index in [2.05, 4.69) is 45.2 Å². The minimum atomic E-state index is -3.61. The first-order valence-electron chi connectivity index (χ1n) is 10.9. The highest BCUT2D eigenvalue weighted by atomic mass is 79.9. The second-order valence-electron chi connectivity index (χ2n) is 8.78. The van der Waals surface area contributed by atoms with Crippen molar-refractivity contribution >= 4 is 43.2 Å². The number of sulfonamides is 1. The molecule has 8 heteroatoms. The van der Waals surface area contributed by atoms with Gasteiger partial charge >= 0.3 is 0 Å². The van der Waals surface area contributed by atoms with Crippen LogP contribution >= 0.6 is 15.9 Å². The number of rotatable bonds is 7. The van der Waals surface area contributed by atoms with Gasteiger partial charge in [0.05, 0.1) is 18.0 Å². The zero-order valence-electron chi connectivity index (χ0n) is 19.1. The number of hydrogen-bond acceptors (Lipinski definition) is 4. The fourth-order valence-corrected chi connectivity index (χ4v) is 5.18. The van der Waals surface area contributed by atoms with Crippen molar-refractivity contribution in [2.75, 3.05) is 35.1 Å². The summed E-state index contributed by atoms with van der Waals surface area (Å²) in [5.74, 6) is 0.353. The Morgan fingerprint density at radius 2 is 1.94 bits per heavy atom. The second kappa shape index (κ2) is 10.3. The van der Waals surface area contributed by atoms with E-state index >= 15 is 0 Å². The lowest BCUT2D eigenvalue weighted by atomic mass is 9.99. The third-order valence-corrected chi connectivity index (χ3v) is 7.94. The molecule has 0 aromatic heterocycles. The van der Waals surface area contributed by atoms with Crippen LogP contribution in [0, 0.1) is 12.8 Å². The average Bonchev–Trinajstić information content (AvgIpc) is 2.73. The number of carbonyl (C=O) groups excluding carboxylic acids is 1. The minimum absolute atomic E-state index is 0.232. The van der Waals surface area contributed by atoms with Crippen molar-refractivity contribution in [3.63, 3.8) is 0 Å². The normalized spacial score (nSPS) is 17.7. The molecule has 2 unspecified atom stereocenters. The molecule has 174 valence electrons. The average molecular weight is 523 g/mol. The highest BCUT2D eigenvalue weighted by Gasteiger charge is 2.23. The zero-order valence-corrected chi connectivity index (χ0v) is 21.5. The maximum Gasteiger partial charge on any atom is 0.241 e. The summed E-state index contributed by atoms with van der Waals surface area (Å²) in [7, 11) is -3.61. The lowest BCUT2D eigenvalue weighted by Crippen LogP contribution is -2.41. The van der Waals surface area contributed by atoms with Gasteiger partial charge in [-0.05, 0) is 74.1 Å². The second-order valence-corrected chi connectivity index (χ2v) is 11.5. The van der Waals surface area contributed by atoms with Crippen molar-refractivity contribution < 1.29 is 13.2 Å². The first-order chi connectivity index (χ1) is 15.0. The molecular formula is C24H32BrN3O3S. The summed E-state index contributed by atoms with van der Waals surface area (Å²) in [6.45, 7) is 7.95. The molecule has 3 rings (SSSR count). The Morgan fingerprint density at radius 1 is 1.25 bits per heavy atom. The Bertz CT molecular complexity index is 1060. The van der Waals surface area contributed by atoms with E-state index in [4.69, 9.17) is 0 Å². The van der Waals surface area contributed by atoms with Crippen molar-refractivity contribution in [2.45, 2.75) is 39.7 Å². The number of nitrogens with zero attached hydrogens (tertiary/aromatic N) is 2. The molecule has 6 nitrogen and oxygen atoms in total. The Labute approximate surface area is 200 Å². The van der Waals surface area contributed by atoms with Crippen LogP contribution in [-0.4, -0.2) is 40.2 Å². The molecule has 1 aliphatic heterocycles. The van der Waals surface area contributed by atoms with E-state index in [0.29, 0.717) is 11.6 Å². The van der Waals surface area contributed by atoms with Gasteiger partial charge in [0.25, 0.3) is 0 Å². The van der Waals surface area contributed by atoms with Gasteiger partial charge in [-0.1, -0.05) is 35.0 Å². The van der Waals surface area contributed by atoms with Crippen molar-refractivity contribution in [2.24, 2.45) is 5.92 Å². The molecule has 0 aliphatic carbocycles. The molecule has 0 saturated carbocycles. The molecule has 0 bridgehead atoms. The number of nitrogens with one attached hydrogen (secondary N) is 1.